The largest absolute Gasteiger partial charge is 0.394 e. The number of carbonyl (C=O) groups is 1. The van der Waals surface area contributed by atoms with Gasteiger partial charge >= 0.3 is 0 Å². The van der Waals surface area contributed by atoms with Crippen molar-refractivity contribution >= 4 is 5.78 Å². The van der Waals surface area contributed by atoms with Crippen LogP contribution < -0.4 is 0 Å². The molecule has 0 aromatic rings. The van der Waals surface area contributed by atoms with E-state index < -0.39 is 43.4 Å². The summed E-state index contributed by atoms with van der Waals surface area (Å²) in [5.74, 6) is -0.0113. The standard InChI is InChI=1S/C17H26O7/c1-3-4-5-6-10-9(2)12(7-11(10)19)23-17-16(22)15(21)14(20)13(8-18)24-17/h4-5,12-18,20-22H,3,6-8H2,1-2H3/b5-4-/t12-,13-,14-,15+,16-,17-/m1/s1. The summed E-state index contributed by atoms with van der Waals surface area (Å²) in [4.78, 5) is 12.1. The van der Waals surface area contributed by atoms with Crippen LogP contribution >= 0.6 is 0 Å². The molecule has 1 heterocycles. The number of rotatable bonds is 6. The van der Waals surface area contributed by atoms with Gasteiger partial charge in [0.15, 0.2) is 12.1 Å². The second kappa shape index (κ2) is 8.33. The van der Waals surface area contributed by atoms with E-state index in [4.69, 9.17) is 9.47 Å². The SMILES string of the molecule is CC/C=C\CC1=C(C)[C@H](O[C@@H]2O[C@H](CO)[C@@H](O)[C@H](O)[C@H]2O)CC1=O. The van der Waals surface area contributed by atoms with E-state index in [1.54, 1.807) is 6.92 Å². The monoisotopic (exact) mass is 342 g/mol. The molecule has 4 N–H and O–H groups in total. The number of aliphatic hydroxyl groups is 4. The Morgan fingerprint density at radius 1 is 1.21 bits per heavy atom. The fourth-order valence-electron chi connectivity index (χ4n) is 2.99. The van der Waals surface area contributed by atoms with Gasteiger partial charge in [0.1, 0.15) is 24.4 Å². The molecule has 6 atom stereocenters. The van der Waals surface area contributed by atoms with Crippen molar-refractivity contribution in [1.82, 2.24) is 0 Å². The molecule has 2 aliphatic rings. The summed E-state index contributed by atoms with van der Waals surface area (Å²) in [5, 5.41) is 38.8. The molecule has 0 aromatic carbocycles. The molecule has 0 aromatic heterocycles. The number of Topliss-reactive ketones (excluding diaryl/α,β-unsaturated/α-hetero) is 1. The zero-order valence-corrected chi connectivity index (χ0v) is 14.0. The molecule has 1 fully saturated rings. The van der Waals surface area contributed by atoms with Crippen molar-refractivity contribution in [2.45, 2.75) is 69.9 Å². The molecule has 2 rings (SSSR count). The number of carbonyl (C=O) groups excluding carboxylic acids is 1. The lowest BCUT2D eigenvalue weighted by molar-refractivity contribution is -0.307. The lowest BCUT2D eigenvalue weighted by Gasteiger charge is -2.40. The van der Waals surface area contributed by atoms with Gasteiger partial charge in [-0.15, -0.1) is 0 Å². The molecule has 24 heavy (non-hydrogen) atoms. The van der Waals surface area contributed by atoms with Crippen molar-refractivity contribution in [3.63, 3.8) is 0 Å². The molecule has 0 saturated carbocycles. The van der Waals surface area contributed by atoms with Crippen LogP contribution in [-0.2, 0) is 14.3 Å². The van der Waals surface area contributed by atoms with Gasteiger partial charge in [-0.25, -0.2) is 0 Å². The maximum atomic E-state index is 12.1. The maximum absolute atomic E-state index is 12.1. The first-order valence-corrected chi connectivity index (χ1v) is 8.24. The number of allylic oxidation sites excluding steroid dienone is 3. The summed E-state index contributed by atoms with van der Waals surface area (Å²) in [7, 11) is 0. The lowest BCUT2D eigenvalue weighted by atomic mass is 9.99. The fourth-order valence-corrected chi connectivity index (χ4v) is 2.99. The number of hydrogen-bond donors (Lipinski definition) is 4. The van der Waals surface area contributed by atoms with Crippen LogP contribution in [0.1, 0.15) is 33.1 Å². The van der Waals surface area contributed by atoms with E-state index in [1.165, 1.54) is 0 Å². The smallest absolute Gasteiger partial charge is 0.187 e. The van der Waals surface area contributed by atoms with Crippen LogP contribution in [0, 0.1) is 0 Å². The Morgan fingerprint density at radius 3 is 2.54 bits per heavy atom. The minimum absolute atomic E-state index is 0.0113. The van der Waals surface area contributed by atoms with Crippen molar-refractivity contribution in [3.05, 3.63) is 23.3 Å². The van der Waals surface area contributed by atoms with Crippen molar-refractivity contribution in [1.29, 1.82) is 0 Å². The molecule has 136 valence electrons. The summed E-state index contributed by atoms with van der Waals surface area (Å²) in [6.45, 7) is 3.30. The van der Waals surface area contributed by atoms with E-state index in [0.29, 0.717) is 12.0 Å². The predicted molar refractivity (Wildman–Crippen MR) is 85.0 cm³/mol. The van der Waals surface area contributed by atoms with Crippen LogP contribution in [0.3, 0.4) is 0 Å². The number of ether oxygens (including phenoxy) is 2. The second-order valence-electron chi connectivity index (χ2n) is 6.19. The molecule has 7 nitrogen and oxygen atoms in total. The summed E-state index contributed by atoms with van der Waals surface area (Å²) in [5.41, 5.74) is 1.46. The molecule has 1 saturated heterocycles. The molecule has 0 amide bonds. The van der Waals surface area contributed by atoms with Gasteiger partial charge in [-0.2, -0.15) is 0 Å². The van der Waals surface area contributed by atoms with Crippen LogP contribution in [0.5, 0.6) is 0 Å². The van der Waals surface area contributed by atoms with E-state index in [9.17, 15) is 25.2 Å². The first kappa shape index (κ1) is 19.2. The molecule has 1 aliphatic carbocycles. The highest BCUT2D eigenvalue weighted by Gasteiger charge is 2.45. The fraction of sp³-hybridized carbons (Fsp3) is 0.706. The average Bonchev–Trinajstić information content (AvgIpc) is 2.83. The topological polar surface area (TPSA) is 116 Å². The summed E-state index contributed by atoms with van der Waals surface area (Å²) >= 11 is 0. The zero-order valence-electron chi connectivity index (χ0n) is 14.0. The van der Waals surface area contributed by atoms with Gasteiger partial charge in [0, 0.05) is 12.0 Å². The van der Waals surface area contributed by atoms with E-state index in [0.717, 1.165) is 12.0 Å². The molecule has 7 heteroatoms. The number of hydrogen-bond acceptors (Lipinski definition) is 7. The first-order chi connectivity index (χ1) is 11.4. The average molecular weight is 342 g/mol. The summed E-state index contributed by atoms with van der Waals surface area (Å²) in [6.07, 6.45) is -1.68. The minimum Gasteiger partial charge on any atom is -0.394 e. The molecular weight excluding hydrogens is 316 g/mol. The Bertz CT molecular complexity index is 511. The highest BCUT2D eigenvalue weighted by molar-refractivity contribution is 5.99. The van der Waals surface area contributed by atoms with Crippen molar-refractivity contribution in [2.75, 3.05) is 6.61 Å². The number of ketones is 1. The van der Waals surface area contributed by atoms with Crippen LogP contribution in [0.25, 0.3) is 0 Å². The quantitative estimate of drug-likeness (QED) is 0.495. The van der Waals surface area contributed by atoms with Crippen LogP contribution in [0.15, 0.2) is 23.3 Å². The van der Waals surface area contributed by atoms with Crippen LogP contribution in [0.4, 0.5) is 0 Å². The summed E-state index contributed by atoms with van der Waals surface area (Å²) < 4.78 is 11.0. The van der Waals surface area contributed by atoms with Gasteiger partial charge in [-0.1, -0.05) is 19.1 Å². The normalized spacial score (nSPS) is 37.7. The van der Waals surface area contributed by atoms with Crippen LogP contribution in [-0.4, -0.2) is 69.6 Å². The van der Waals surface area contributed by atoms with E-state index in [-0.39, 0.29) is 12.2 Å². The predicted octanol–water partition coefficient (Wildman–Crippen LogP) is -0.183. The van der Waals surface area contributed by atoms with Crippen molar-refractivity contribution < 1.29 is 34.7 Å². The van der Waals surface area contributed by atoms with Gasteiger partial charge in [0.25, 0.3) is 0 Å². The molecule has 0 unspecified atom stereocenters. The Hall–Kier alpha value is -1.09. The Labute approximate surface area is 141 Å². The molecule has 0 radical (unpaired) electrons. The van der Waals surface area contributed by atoms with Crippen molar-refractivity contribution in [2.24, 2.45) is 0 Å². The second-order valence-corrected chi connectivity index (χ2v) is 6.19. The maximum Gasteiger partial charge on any atom is 0.187 e. The van der Waals surface area contributed by atoms with Gasteiger partial charge < -0.3 is 29.9 Å². The Morgan fingerprint density at radius 2 is 1.92 bits per heavy atom. The first-order valence-electron chi connectivity index (χ1n) is 8.24. The van der Waals surface area contributed by atoms with Crippen LogP contribution in [0.2, 0.25) is 0 Å². The van der Waals surface area contributed by atoms with E-state index in [1.807, 2.05) is 19.1 Å². The van der Waals surface area contributed by atoms with E-state index in [2.05, 4.69) is 0 Å². The third-order valence-corrected chi connectivity index (χ3v) is 4.54. The molecular formula is C17H26O7. The highest BCUT2D eigenvalue weighted by Crippen LogP contribution is 2.32. The van der Waals surface area contributed by atoms with Gasteiger partial charge in [-0.3, -0.25) is 4.79 Å². The molecule has 1 aliphatic heterocycles. The van der Waals surface area contributed by atoms with E-state index >= 15 is 0 Å². The van der Waals surface area contributed by atoms with Gasteiger partial charge in [-0.05, 0) is 25.3 Å². The zero-order chi connectivity index (χ0) is 17.9. The van der Waals surface area contributed by atoms with Gasteiger partial charge in [0.2, 0.25) is 0 Å². The third-order valence-electron chi connectivity index (χ3n) is 4.54. The minimum atomic E-state index is -1.49. The molecule has 0 spiro atoms. The Kier molecular flexibility index (Phi) is 6.68. The van der Waals surface area contributed by atoms with Gasteiger partial charge in [0.05, 0.1) is 12.7 Å². The van der Waals surface area contributed by atoms with Crippen molar-refractivity contribution in [3.8, 4) is 0 Å². The highest BCUT2D eigenvalue weighted by atomic mass is 16.7. The third kappa shape index (κ3) is 3.93. The number of aliphatic hydroxyl groups excluding tert-OH is 4. The Balaban J connectivity index is 2.07. The lowest BCUT2D eigenvalue weighted by Crippen LogP contribution is -2.59. The summed E-state index contributed by atoms with van der Waals surface area (Å²) in [6, 6.07) is 0. The molecule has 0 bridgehead atoms.